The molecule has 1 aromatic heterocycles. The lowest BCUT2D eigenvalue weighted by molar-refractivity contribution is -0.137. The number of thiocarbonyl (C=S) groups is 1. The minimum Gasteiger partial charge on any atom is -0.292 e. The average Bonchev–Trinajstić information content (AvgIpc) is 2.78. The Morgan fingerprint density at radius 3 is 2.71 bits per heavy atom. The van der Waals surface area contributed by atoms with E-state index < -0.39 is 11.7 Å². The van der Waals surface area contributed by atoms with Gasteiger partial charge in [0, 0.05) is 16.8 Å². The largest absolute Gasteiger partial charge is 0.416 e. The van der Waals surface area contributed by atoms with E-state index in [9.17, 15) is 13.2 Å². The molecule has 0 aliphatic rings. The summed E-state index contributed by atoms with van der Waals surface area (Å²) in [7, 11) is 0. The molecule has 8 heteroatoms. The van der Waals surface area contributed by atoms with Crippen LogP contribution < -0.4 is 4.80 Å². The summed E-state index contributed by atoms with van der Waals surface area (Å²) in [4.78, 5) is 5.76. The second-order valence-corrected chi connectivity index (χ2v) is 6.78. The molecule has 0 atom stereocenters. The van der Waals surface area contributed by atoms with Crippen LogP contribution in [0.1, 0.15) is 10.4 Å². The number of alkyl halides is 3. The van der Waals surface area contributed by atoms with E-state index in [0.29, 0.717) is 14.8 Å². The van der Waals surface area contributed by atoms with Crippen molar-refractivity contribution in [1.29, 1.82) is 0 Å². The normalized spacial score (nSPS) is 12.7. The van der Waals surface area contributed by atoms with Crippen LogP contribution in [0, 0.1) is 6.92 Å². The first-order valence-electron chi connectivity index (χ1n) is 5.80. The second-order valence-electron chi connectivity index (χ2n) is 4.12. The summed E-state index contributed by atoms with van der Waals surface area (Å²) in [5, 5.41) is 0. The highest BCUT2D eigenvalue weighted by Crippen LogP contribution is 2.30. The van der Waals surface area contributed by atoms with E-state index in [0.717, 1.165) is 17.0 Å². The van der Waals surface area contributed by atoms with E-state index in [1.54, 1.807) is 23.1 Å². The number of hydrogen-bond acceptors (Lipinski definition) is 3. The number of aromatic nitrogens is 1. The molecule has 21 heavy (non-hydrogen) atoms. The van der Waals surface area contributed by atoms with Gasteiger partial charge in [0.05, 0.1) is 5.56 Å². The van der Waals surface area contributed by atoms with Gasteiger partial charge >= 0.3 is 6.18 Å². The van der Waals surface area contributed by atoms with Crippen LogP contribution in [-0.4, -0.2) is 15.1 Å². The summed E-state index contributed by atoms with van der Waals surface area (Å²) in [6, 6.07) is 5.15. The van der Waals surface area contributed by atoms with Crippen LogP contribution in [0.3, 0.4) is 0 Å². The van der Waals surface area contributed by atoms with Crippen LogP contribution in [-0.2, 0) is 6.18 Å². The third-order valence-electron chi connectivity index (χ3n) is 2.58. The molecule has 1 aromatic carbocycles. The number of halogens is 3. The molecule has 0 radical (unpaired) electrons. The number of nitrogens with zero attached hydrogens (tertiary/aromatic N) is 2. The first-order valence-corrected chi connectivity index (χ1v) is 8.25. The zero-order valence-electron chi connectivity index (χ0n) is 11.1. The molecule has 0 saturated heterocycles. The molecule has 0 aliphatic carbocycles. The Bertz CT molecular complexity index is 729. The van der Waals surface area contributed by atoms with Crippen molar-refractivity contribution in [1.82, 2.24) is 4.57 Å². The van der Waals surface area contributed by atoms with Crippen LogP contribution in [0.15, 0.2) is 35.5 Å². The van der Waals surface area contributed by atoms with Crippen LogP contribution >= 0.6 is 35.3 Å². The summed E-state index contributed by atoms with van der Waals surface area (Å²) in [5.41, 5.74) is -0.272. The van der Waals surface area contributed by atoms with E-state index in [1.807, 2.05) is 6.92 Å². The Labute approximate surface area is 133 Å². The molecule has 0 aliphatic heterocycles. The molecule has 0 saturated carbocycles. The maximum Gasteiger partial charge on any atom is 0.416 e. The van der Waals surface area contributed by atoms with Crippen molar-refractivity contribution >= 4 is 39.6 Å². The Balaban J connectivity index is 2.58. The summed E-state index contributed by atoms with van der Waals surface area (Å²) < 4.78 is 40.5. The molecule has 0 amide bonds. The van der Waals surface area contributed by atoms with Crippen LogP contribution in [0.5, 0.6) is 0 Å². The van der Waals surface area contributed by atoms with Crippen molar-refractivity contribution in [2.75, 3.05) is 6.26 Å². The molecule has 2 aromatic rings. The topological polar surface area (TPSA) is 17.3 Å². The predicted octanol–water partition coefficient (Wildman–Crippen LogP) is 4.41. The van der Waals surface area contributed by atoms with Gasteiger partial charge in [-0.1, -0.05) is 30.0 Å². The van der Waals surface area contributed by atoms with Crippen LogP contribution in [0.4, 0.5) is 13.2 Å². The van der Waals surface area contributed by atoms with Crippen molar-refractivity contribution in [2.24, 2.45) is 4.99 Å². The van der Waals surface area contributed by atoms with Gasteiger partial charge in [-0.05, 0) is 31.4 Å². The first-order chi connectivity index (χ1) is 9.81. The Hall–Kier alpha value is -1.12. The number of hydrogen-bond donors (Lipinski definition) is 0. The Kier molecular flexibility index (Phi) is 4.90. The van der Waals surface area contributed by atoms with E-state index in [-0.39, 0.29) is 0 Å². The van der Waals surface area contributed by atoms with Gasteiger partial charge in [0.25, 0.3) is 0 Å². The molecule has 0 N–H and O–H groups in total. The highest BCUT2D eigenvalue weighted by Gasteiger charge is 2.30. The molecule has 2 nitrogen and oxygen atoms in total. The third-order valence-corrected chi connectivity index (χ3v) is 4.51. The van der Waals surface area contributed by atoms with Gasteiger partial charge in [0.2, 0.25) is 0 Å². The predicted molar refractivity (Wildman–Crippen MR) is 85.1 cm³/mol. The zero-order chi connectivity index (χ0) is 15.6. The third kappa shape index (κ3) is 3.96. The molecular weight excluding hydrogens is 337 g/mol. The van der Waals surface area contributed by atoms with Gasteiger partial charge in [0.1, 0.15) is 0 Å². The van der Waals surface area contributed by atoms with Crippen molar-refractivity contribution < 1.29 is 13.2 Å². The fourth-order valence-electron chi connectivity index (χ4n) is 1.67. The number of benzene rings is 1. The lowest BCUT2D eigenvalue weighted by Gasteiger charge is -2.09. The Morgan fingerprint density at radius 1 is 1.38 bits per heavy atom. The van der Waals surface area contributed by atoms with Gasteiger partial charge in [-0.2, -0.15) is 13.2 Å². The number of thioether (sulfide) groups is 1. The van der Waals surface area contributed by atoms with Crippen molar-refractivity contribution in [3.05, 3.63) is 45.7 Å². The maximum atomic E-state index is 12.8. The second kappa shape index (κ2) is 6.33. The van der Waals surface area contributed by atoms with Gasteiger partial charge < -0.3 is 0 Å². The standard InChI is InChI=1S/C13H11F3N2S3/c1-8-7-18(11(21-8)17-12(19)20-2)10-5-3-4-9(6-10)13(14,15)16/h3-7H,1-2H3/b17-11+. The van der Waals surface area contributed by atoms with Crippen molar-refractivity contribution in [2.45, 2.75) is 13.1 Å². The van der Waals surface area contributed by atoms with E-state index in [2.05, 4.69) is 4.99 Å². The molecular formula is C13H11F3N2S3. The van der Waals surface area contributed by atoms with E-state index in [4.69, 9.17) is 12.2 Å². The molecule has 2 rings (SSSR count). The first kappa shape index (κ1) is 16.3. The quantitative estimate of drug-likeness (QED) is 0.710. The van der Waals surface area contributed by atoms with Crippen molar-refractivity contribution in [3.8, 4) is 5.69 Å². The summed E-state index contributed by atoms with van der Waals surface area (Å²) in [6.07, 6.45) is -0.809. The minimum absolute atomic E-state index is 0.414. The van der Waals surface area contributed by atoms with Crippen LogP contribution in [0.2, 0.25) is 0 Å². The molecule has 0 fully saturated rings. The molecule has 1 heterocycles. The molecule has 0 bridgehead atoms. The van der Waals surface area contributed by atoms with Gasteiger partial charge in [-0.15, -0.1) is 11.3 Å². The van der Waals surface area contributed by atoms with E-state index >= 15 is 0 Å². The van der Waals surface area contributed by atoms with Gasteiger partial charge in [-0.3, -0.25) is 4.57 Å². The van der Waals surface area contributed by atoms with Crippen LogP contribution in [0.25, 0.3) is 5.69 Å². The molecule has 0 unspecified atom stereocenters. The summed E-state index contributed by atoms with van der Waals surface area (Å²) in [6.45, 7) is 1.87. The number of rotatable bonds is 1. The van der Waals surface area contributed by atoms with E-state index in [1.165, 1.54) is 29.2 Å². The monoisotopic (exact) mass is 348 g/mol. The lowest BCUT2D eigenvalue weighted by Crippen LogP contribution is -2.14. The summed E-state index contributed by atoms with van der Waals surface area (Å²) >= 11 is 7.75. The fraction of sp³-hybridized carbons (Fsp3) is 0.231. The minimum atomic E-state index is -4.37. The molecule has 112 valence electrons. The Morgan fingerprint density at radius 2 is 2.10 bits per heavy atom. The summed E-state index contributed by atoms with van der Waals surface area (Å²) in [5.74, 6) is 0. The average molecular weight is 348 g/mol. The van der Waals surface area contributed by atoms with Crippen molar-refractivity contribution in [3.63, 3.8) is 0 Å². The van der Waals surface area contributed by atoms with Gasteiger partial charge in [0.15, 0.2) is 9.12 Å². The number of aryl methyl sites for hydroxylation is 1. The fourth-order valence-corrected chi connectivity index (χ4v) is 2.89. The maximum absolute atomic E-state index is 12.8. The zero-order valence-corrected chi connectivity index (χ0v) is 13.6. The molecule has 0 spiro atoms. The smallest absolute Gasteiger partial charge is 0.292 e. The SMILES string of the molecule is CSC(=S)/N=c1/sc(C)cn1-c1cccc(C(F)(F)F)c1. The highest BCUT2D eigenvalue weighted by molar-refractivity contribution is 8.22. The number of thiazole rings is 1. The van der Waals surface area contributed by atoms with Gasteiger partial charge in [-0.25, -0.2) is 4.99 Å². The highest BCUT2D eigenvalue weighted by atomic mass is 32.2. The lowest BCUT2D eigenvalue weighted by atomic mass is 10.2.